The molecular weight excluding hydrogens is 253 g/mol. The van der Waals surface area contributed by atoms with Crippen molar-refractivity contribution >= 4 is 11.6 Å². The van der Waals surface area contributed by atoms with Crippen LogP contribution in [0.5, 0.6) is 0 Å². The minimum Gasteiger partial charge on any atom is -0.336 e. The molecule has 1 aromatic carbocycles. The molecule has 1 aromatic heterocycles. The van der Waals surface area contributed by atoms with Crippen LogP contribution < -0.4 is 5.32 Å². The molecule has 5 heteroatoms. The van der Waals surface area contributed by atoms with E-state index in [2.05, 4.69) is 10.3 Å². The summed E-state index contributed by atoms with van der Waals surface area (Å²) in [7, 11) is 3.77. The average molecular weight is 268 g/mol. The van der Waals surface area contributed by atoms with E-state index >= 15 is 0 Å². The van der Waals surface area contributed by atoms with E-state index in [-0.39, 0.29) is 16.9 Å². The number of hydrogen-bond acceptors (Lipinski definition) is 2. The van der Waals surface area contributed by atoms with Gasteiger partial charge in [0.1, 0.15) is 5.82 Å². The van der Waals surface area contributed by atoms with E-state index < -0.39 is 0 Å². The van der Waals surface area contributed by atoms with Crippen LogP contribution in [0, 0.1) is 5.82 Å². The summed E-state index contributed by atoms with van der Waals surface area (Å²) in [5.41, 5.74) is 1.61. The van der Waals surface area contributed by atoms with Crippen LogP contribution in [0.15, 0.2) is 30.7 Å². The summed E-state index contributed by atoms with van der Waals surface area (Å²) in [5, 5.41) is 3.33. The predicted octanol–water partition coefficient (Wildman–Crippen LogP) is 2.72. The highest BCUT2D eigenvalue weighted by atomic mass is 35.5. The predicted molar refractivity (Wildman–Crippen MR) is 70.1 cm³/mol. The van der Waals surface area contributed by atoms with Crippen molar-refractivity contribution in [2.24, 2.45) is 7.05 Å². The van der Waals surface area contributed by atoms with E-state index in [9.17, 15) is 4.39 Å². The van der Waals surface area contributed by atoms with Crippen LogP contribution in [-0.2, 0) is 13.5 Å². The molecule has 0 aliphatic heterocycles. The summed E-state index contributed by atoms with van der Waals surface area (Å²) in [6.07, 6.45) is 4.04. The van der Waals surface area contributed by atoms with Crippen molar-refractivity contribution in [2.45, 2.75) is 12.5 Å². The highest BCUT2D eigenvalue weighted by Crippen LogP contribution is 2.23. The van der Waals surface area contributed by atoms with Gasteiger partial charge in [-0.15, -0.1) is 0 Å². The lowest BCUT2D eigenvalue weighted by Crippen LogP contribution is -2.21. The lowest BCUT2D eigenvalue weighted by atomic mass is 10.0. The molecule has 96 valence electrons. The molecule has 1 N–H and O–H groups in total. The van der Waals surface area contributed by atoms with Crippen molar-refractivity contribution in [1.82, 2.24) is 14.9 Å². The first-order valence-electron chi connectivity index (χ1n) is 5.70. The van der Waals surface area contributed by atoms with E-state index in [1.54, 1.807) is 30.7 Å². The second-order valence-electron chi connectivity index (χ2n) is 4.19. The Morgan fingerprint density at radius 3 is 2.89 bits per heavy atom. The second-order valence-corrected chi connectivity index (χ2v) is 4.59. The normalized spacial score (nSPS) is 12.7. The third-order valence-corrected chi connectivity index (χ3v) is 3.31. The molecule has 0 saturated carbocycles. The lowest BCUT2D eigenvalue weighted by molar-refractivity contribution is 0.531. The lowest BCUT2D eigenvalue weighted by Gasteiger charge is -2.17. The third-order valence-electron chi connectivity index (χ3n) is 3.02. The third kappa shape index (κ3) is 2.54. The van der Waals surface area contributed by atoms with Crippen molar-refractivity contribution in [3.8, 4) is 0 Å². The molecule has 18 heavy (non-hydrogen) atoms. The Balaban J connectivity index is 2.26. The van der Waals surface area contributed by atoms with Gasteiger partial charge in [-0.1, -0.05) is 23.7 Å². The second kappa shape index (κ2) is 5.50. The summed E-state index contributed by atoms with van der Waals surface area (Å²) >= 11 is 5.78. The van der Waals surface area contributed by atoms with Crippen LogP contribution >= 0.6 is 11.6 Å². The number of nitrogens with zero attached hydrogens (tertiary/aromatic N) is 2. The van der Waals surface area contributed by atoms with Crippen molar-refractivity contribution < 1.29 is 4.39 Å². The first-order chi connectivity index (χ1) is 8.63. The monoisotopic (exact) mass is 267 g/mol. The minimum atomic E-state index is -0.346. The van der Waals surface area contributed by atoms with Gasteiger partial charge in [-0.05, 0) is 25.1 Å². The first-order valence-corrected chi connectivity index (χ1v) is 6.07. The Hall–Kier alpha value is -1.39. The van der Waals surface area contributed by atoms with E-state index in [0.717, 1.165) is 5.69 Å². The molecular formula is C13H15ClFN3. The fourth-order valence-corrected chi connectivity index (χ4v) is 2.18. The summed E-state index contributed by atoms with van der Waals surface area (Å²) in [6.45, 7) is 0. The van der Waals surface area contributed by atoms with Crippen molar-refractivity contribution in [3.05, 3.63) is 52.8 Å². The maximum Gasteiger partial charge on any atom is 0.145 e. The first kappa shape index (κ1) is 13.1. The number of nitrogens with one attached hydrogen (secondary N) is 1. The molecule has 1 unspecified atom stereocenters. The van der Waals surface area contributed by atoms with Crippen LogP contribution in [0.1, 0.15) is 17.3 Å². The summed E-state index contributed by atoms with van der Waals surface area (Å²) in [4.78, 5) is 4.08. The molecule has 0 saturated heterocycles. The van der Waals surface area contributed by atoms with Crippen LogP contribution in [0.4, 0.5) is 4.39 Å². The molecule has 0 aliphatic carbocycles. The summed E-state index contributed by atoms with van der Waals surface area (Å²) in [6, 6.07) is 5.07. The number of halogens is 2. The van der Waals surface area contributed by atoms with Crippen molar-refractivity contribution in [1.29, 1.82) is 0 Å². The number of hydrogen-bond donors (Lipinski definition) is 1. The van der Waals surface area contributed by atoms with Gasteiger partial charge in [-0.2, -0.15) is 0 Å². The molecule has 2 rings (SSSR count). The molecule has 0 bridgehead atoms. The molecule has 0 radical (unpaired) electrons. The van der Waals surface area contributed by atoms with Gasteiger partial charge >= 0.3 is 0 Å². The van der Waals surface area contributed by atoms with Crippen molar-refractivity contribution in [2.75, 3.05) is 7.05 Å². The largest absolute Gasteiger partial charge is 0.336 e. The molecule has 0 spiro atoms. The Morgan fingerprint density at radius 1 is 1.50 bits per heavy atom. The zero-order chi connectivity index (χ0) is 13.1. The van der Waals surface area contributed by atoms with Crippen LogP contribution in [0.2, 0.25) is 5.02 Å². The highest BCUT2D eigenvalue weighted by Gasteiger charge is 2.16. The van der Waals surface area contributed by atoms with Gasteiger partial charge in [0.05, 0.1) is 23.1 Å². The quantitative estimate of drug-likeness (QED) is 0.923. The maximum absolute atomic E-state index is 13.9. The van der Waals surface area contributed by atoms with Gasteiger partial charge in [0.15, 0.2) is 0 Å². The smallest absolute Gasteiger partial charge is 0.145 e. The van der Waals surface area contributed by atoms with E-state index in [1.807, 2.05) is 18.7 Å². The van der Waals surface area contributed by atoms with Gasteiger partial charge in [0, 0.05) is 13.2 Å². The van der Waals surface area contributed by atoms with E-state index in [4.69, 9.17) is 11.6 Å². The highest BCUT2D eigenvalue weighted by molar-refractivity contribution is 6.30. The number of imidazole rings is 1. The van der Waals surface area contributed by atoms with Gasteiger partial charge < -0.3 is 9.88 Å². The van der Waals surface area contributed by atoms with Crippen LogP contribution in [0.3, 0.4) is 0 Å². The molecule has 1 atom stereocenters. The number of rotatable bonds is 4. The SMILES string of the molecule is CNC(Cc1cccc(Cl)c1F)c1cncn1C. The number of benzene rings is 1. The molecule has 0 aliphatic rings. The summed E-state index contributed by atoms with van der Waals surface area (Å²) < 4.78 is 15.8. The number of aryl methyl sites for hydroxylation is 1. The van der Waals surface area contributed by atoms with Gasteiger partial charge in [0.2, 0.25) is 0 Å². The van der Waals surface area contributed by atoms with Gasteiger partial charge in [-0.25, -0.2) is 9.37 Å². The number of likely N-dealkylation sites (N-methyl/N-ethyl adjacent to an activating group) is 1. The molecule has 3 nitrogen and oxygen atoms in total. The maximum atomic E-state index is 13.9. The molecule has 0 fully saturated rings. The standard InChI is InChI=1S/C13H15ClFN3/c1-16-11(12-7-17-8-18(12)2)6-9-4-3-5-10(14)13(9)15/h3-5,7-8,11,16H,6H2,1-2H3. The Labute approximate surface area is 111 Å². The molecule has 1 heterocycles. The Bertz CT molecular complexity index is 539. The van der Waals surface area contributed by atoms with Crippen LogP contribution in [0.25, 0.3) is 0 Å². The average Bonchev–Trinajstić information content (AvgIpc) is 2.77. The van der Waals surface area contributed by atoms with E-state index in [1.165, 1.54) is 0 Å². The zero-order valence-corrected chi connectivity index (χ0v) is 11.1. The fourth-order valence-electron chi connectivity index (χ4n) is 1.98. The zero-order valence-electron chi connectivity index (χ0n) is 10.3. The van der Waals surface area contributed by atoms with Crippen molar-refractivity contribution in [3.63, 3.8) is 0 Å². The fraction of sp³-hybridized carbons (Fsp3) is 0.308. The molecule has 0 amide bonds. The van der Waals surface area contributed by atoms with Crippen LogP contribution in [-0.4, -0.2) is 16.6 Å². The summed E-state index contributed by atoms with van der Waals surface area (Å²) in [5.74, 6) is -0.346. The Morgan fingerprint density at radius 2 is 2.28 bits per heavy atom. The van der Waals surface area contributed by atoms with E-state index in [0.29, 0.717) is 12.0 Å². The Kier molecular flexibility index (Phi) is 3.99. The topological polar surface area (TPSA) is 29.9 Å². The van der Waals surface area contributed by atoms with Gasteiger partial charge in [-0.3, -0.25) is 0 Å². The number of aromatic nitrogens is 2. The van der Waals surface area contributed by atoms with Gasteiger partial charge in [0.25, 0.3) is 0 Å². The minimum absolute atomic E-state index is 0.00506. The molecule has 2 aromatic rings.